The van der Waals surface area contributed by atoms with Crippen LogP contribution in [0.1, 0.15) is 23.1 Å². The number of carbonyl (C=O) groups excluding carboxylic acids is 1. The van der Waals surface area contributed by atoms with E-state index in [1.165, 1.54) is 24.3 Å². The van der Waals surface area contributed by atoms with Gasteiger partial charge in [-0.1, -0.05) is 59.6 Å². The smallest absolute Gasteiger partial charge is 0.449 e. The van der Waals surface area contributed by atoms with Gasteiger partial charge < -0.3 is 14.2 Å². The Balaban J connectivity index is 1.52. The first-order chi connectivity index (χ1) is 18.9. The summed E-state index contributed by atoms with van der Waals surface area (Å²) in [6.45, 7) is 0.0557. The second-order valence-electron chi connectivity index (χ2n) is 8.83. The first-order valence-corrected chi connectivity index (χ1v) is 14.7. The van der Waals surface area contributed by atoms with E-state index in [0.717, 1.165) is 11.1 Å². The van der Waals surface area contributed by atoms with Crippen LogP contribution in [0.2, 0.25) is 10.0 Å². The molecular weight excluding hydrogens is 592 g/mol. The molecule has 0 aliphatic carbocycles. The molecule has 3 rings (SSSR count). The molecule has 0 atom stereocenters. The molecule has 0 aliphatic heterocycles. The van der Waals surface area contributed by atoms with Gasteiger partial charge in [0.25, 0.3) is 0 Å². The molecule has 6 nitrogen and oxygen atoms in total. The summed E-state index contributed by atoms with van der Waals surface area (Å²) >= 11 is 11.8. The Hall–Kier alpha value is -2.63. The largest absolute Gasteiger partial charge is 0.493 e. The fraction of sp³-hybridized carbons (Fsp3) is 0.321. The summed E-state index contributed by atoms with van der Waals surface area (Å²) in [6.07, 6.45) is -6.63. The van der Waals surface area contributed by atoms with E-state index >= 15 is 0 Å². The Kier molecular flexibility index (Phi) is 11.8. The van der Waals surface area contributed by atoms with Crippen LogP contribution in [0.3, 0.4) is 0 Å². The molecule has 3 aromatic rings. The van der Waals surface area contributed by atoms with Crippen LogP contribution in [0.5, 0.6) is 5.75 Å². The van der Waals surface area contributed by atoms with E-state index in [9.17, 15) is 26.4 Å². The number of benzene rings is 3. The molecule has 0 saturated carbocycles. The molecular formula is C28H27Cl2F3O6S. The van der Waals surface area contributed by atoms with Crippen LogP contribution >= 0.6 is 23.2 Å². The summed E-state index contributed by atoms with van der Waals surface area (Å²) in [5.41, 5.74) is 2.10. The lowest BCUT2D eigenvalue weighted by atomic mass is 10.1. The molecule has 0 heterocycles. The first kappa shape index (κ1) is 31.9. The summed E-state index contributed by atoms with van der Waals surface area (Å²) in [5, 5.41) is 1.13. The van der Waals surface area contributed by atoms with Crippen molar-refractivity contribution in [3.63, 3.8) is 0 Å². The van der Waals surface area contributed by atoms with Crippen molar-refractivity contribution in [2.75, 3.05) is 18.1 Å². The quantitative estimate of drug-likeness (QED) is 0.178. The van der Waals surface area contributed by atoms with E-state index in [4.69, 9.17) is 37.4 Å². The Labute approximate surface area is 240 Å². The Morgan fingerprint density at radius 3 is 1.73 bits per heavy atom. The predicted molar refractivity (Wildman–Crippen MR) is 146 cm³/mol. The average molecular weight is 619 g/mol. The van der Waals surface area contributed by atoms with Crippen molar-refractivity contribution in [1.82, 2.24) is 0 Å². The summed E-state index contributed by atoms with van der Waals surface area (Å²) in [5.74, 6) is -2.18. The van der Waals surface area contributed by atoms with Gasteiger partial charge in [0.05, 0.1) is 19.0 Å². The van der Waals surface area contributed by atoms with Gasteiger partial charge in [-0.15, -0.1) is 0 Å². The standard InChI is InChI=1S/C28H27Cl2F3O6S/c29-23-8-1-21(2-9-23)17-38-27(39-18-22-3-10-24(30)11-4-22)19-40(35,36)16-15-37-25-12-5-20(6-13-25)7-14-26(34)28(31,32)33/h1-6,8-13,27H,7,14-19H2. The maximum atomic E-state index is 12.8. The van der Waals surface area contributed by atoms with E-state index in [2.05, 4.69) is 0 Å². The van der Waals surface area contributed by atoms with Crippen LogP contribution in [0.25, 0.3) is 0 Å². The molecule has 0 radical (unpaired) electrons. The molecule has 0 saturated heterocycles. The van der Waals surface area contributed by atoms with Crippen molar-refractivity contribution in [3.8, 4) is 5.75 Å². The van der Waals surface area contributed by atoms with Gasteiger partial charge in [0.2, 0.25) is 5.78 Å². The zero-order chi connectivity index (χ0) is 29.2. The summed E-state index contributed by atoms with van der Waals surface area (Å²) < 4.78 is 79.8. The van der Waals surface area contributed by atoms with Crippen molar-refractivity contribution in [1.29, 1.82) is 0 Å². The van der Waals surface area contributed by atoms with Crippen LogP contribution < -0.4 is 4.74 Å². The Morgan fingerprint density at radius 1 is 0.775 bits per heavy atom. The van der Waals surface area contributed by atoms with Gasteiger partial charge >= 0.3 is 6.18 Å². The average Bonchev–Trinajstić information content (AvgIpc) is 2.90. The SMILES string of the molecule is O=C(CCc1ccc(OCCS(=O)(=O)CC(OCc2ccc(Cl)cc2)OCc2ccc(Cl)cc2)cc1)C(F)(F)F. The monoisotopic (exact) mass is 618 g/mol. The minimum absolute atomic E-state index is 0.0690. The topological polar surface area (TPSA) is 78.9 Å². The van der Waals surface area contributed by atoms with E-state index in [0.29, 0.717) is 21.4 Å². The molecule has 0 fully saturated rings. The number of carbonyl (C=O) groups is 1. The van der Waals surface area contributed by atoms with Gasteiger partial charge in [-0.3, -0.25) is 4.79 Å². The molecule has 0 N–H and O–H groups in total. The van der Waals surface area contributed by atoms with Gasteiger partial charge in [0, 0.05) is 16.5 Å². The zero-order valence-electron chi connectivity index (χ0n) is 21.2. The summed E-state index contributed by atoms with van der Waals surface area (Å²) in [4.78, 5) is 11.0. The lowest BCUT2D eigenvalue weighted by Gasteiger charge is -2.19. The lowest BCUT2D eigenvalue weighted by Crippen LogP contribution is -2.30. The third-order valence-corrected chi connectivity index (χ3v) is 7.70. The van der Waals surface area contributed by atoms with Crippen LogP contribution in [0, 0.1) is 0 Å². The lowest BCUT2D eigenvalue weighted by molar-refractivity contribution is -0.171. The van der Waals surface area contributed by atoms with E-state index in [1.54, 1.807) is 48.5 Å². The number of ketones is 1. The number of alkyl halides is 3. The molecule has 0 amide bonds. The van der Waals surface area contributed by atoms with Crippen molar-refractivity contribution < 1.29 is 40.6 Å². The Morgan fingerprint density at radius 2 is 1.25 bits per heavy atom. The molecule has 0 aromatic heterocycles. The second-order valence-corrected chi connectivity index (χ2v) is 11.9. The number of Topliss-reactive ketones (excluding diaryl/α,β-unsaturated/α-hetero) is 1. The fourth-order valence-electron chi connectivity index (χ4n) is 3.41. The first-order valence-electron chi connectivity index (χ1n) is 12.1. The molecule has 0 unspecified atom stereocenters. The van der Waals surface area contributed by atoms with Crippen molar-refractivity contribution in [2.24, 2.45) is 0 Å². The van der Waals surface area contributed by atoms with Crippen molar-refractivity contribution in [3.05, 3.63) is 99.5 Å². The molecule has 0 bridgehead atoms. The van der Waals surface area contributed by atoms with Crippen molar-refractivity contribution >= 4 is 38.8 Å². The van der Waals surface area contributed by atoms with Crippen LogP contribution in [-0.4, -0.2) is 44.8 Å². The number of hydrogen-bond donors (Lipinski definition) is 0. The minimum Gasteiger partial charge on any atom is -0.493 e. The molecule has 0 aliphatic rings. The van der Waals surface area contributed by atoms with Crippen molar-refractivity contribution in [2.45, 2.75) is 38.5 Å². The van der Waals surface area contributed by atoms with Crippen LogP contribution in [0.15, 0.2) is 72.8 Å². The highest BCUT2D eigenvalue weighted by atomic mass is 35.5. The van der Waals surface area contributed by atoms with Crippen LogP contribution in [0.4, 0.5) is 13.2 Å². The van der Waals surface area contributed by atoms with E-state index < -0.39 is 40.3 Å². The second kappa shape index (κ2) is 14.8. The maximum absolute atomic E-state index is 12.8. The molecule has 0 spiro atoms. The predicted octanol–water partition coefficient (Wildman–Crippen LogP) is 6.61. The minimum atomic E-state index is -4.85. The molecule has 3 aromatic carbocycles. The van der Waals surface area contributed by atoms with Crippen LogP contribution in [-0.2, 0) is 43.7 Å². The number of rotatable bonds is 15. The number of ether oxygens (including phenoxy) is 3. The highest BCUT2D eigenvalue weighted by molar-refractivity contribution is 7.91. The number of hydrogen-bond acceptors (Lipinski definition) is 6. The molecule has 12 heteroatoms. The fourth-order valence-corrected chi connectivity index (χ4v) is 4.78. The highest BCUT2D eigenvalue weighted by Gasteiger charge is 2.37. The van der Waals surface area contributed by atoms with E-state index in [-0.39, 0.29) is 32.0 Å². The van der Waals surface area contributed by atoms with Gasteiger partial charge in [0.1, 0.15) is 18.1 Å². The van der Waals surface area contributed by atoms with Gasteiger partial charge in [-0.05, 0) is 59.5 Å². The highest BCUT2D eigenvalue weighted by Crippen LogP contribution is 2.20. The number of halogens is 5. The third kappa shape index (κ3) is 11.5. The number of aryl methyl sites for hydroxylation is 1. The van der Waals surface area contributed by atoms with Gasteiger partial charge in [0.15, 0.2) is 16.1 Å². The molecule has 40 heavy (non-hydrogen) atoms. The van der Waals surface area contributed by atoms with E-state index in [1.807, 2.05) is 0 Å². The zero-order valence-corrected chi connectivity index (χ0v) is 23.5. The Bertz CT molecular complexity index is 1280. The normalized spacial score (nSPS) is 12.1. The summed E-state index contributed by atoms with van der Waals surface area (Å²) in [7, 11) is -3.67. The van der Waals surface area contributed by atoms with Gasteiger partial charge in [-0.2, -0.15) is 13.2 Å². The third-order valence-electron chi connectivity index (χ3n) is 5.63. The maximum Gasteiger partial charge on any atom is 0.449 e. The van der Waals surface area contributed by atoms with Gasteiger partial charge in [-0.25, -0.2) is 8.42 Å². The number of sulfone groups is 1. The summed E-state index contributed by atoms with van der Waals surface area (Å²) in [6, 6.07) is 19.9. The molecule has 216 valence electrons.